The Morgan fingerprint density at radius 2 is 1.72 bits per heavy atom. The van der Waals surface area contributed by atoms with Crippen molar-refractivity contribution in [1.29, 1.82) is 0 Å². The molecule has 1 fully saturated rings. The number of hydrogen-bond donors (Lipinski definition) is 2. The van der Waals surface area contributed by atoms with Gasteiger partial charge in [0.1, 0.15) is 5.82 Å². The Bertz CT molecular complexity index is 857. The Morgan fingerprint density at radius 3 is 2.38 bits per heavy atom. The van der Waals surface area contributed by atoms with E-state index in [0.717, 1.165) is 24.6 Å². The summed E-state index contributed by atoms with van der Waals surface area (Å²) in [6.45, 7) is 0. The number of carbonyl (C=O) groups is 3. The van der Waals surface area contributed by atoms with Crippen LogP contribution in [-0.2, 0) is 19.1 Å². The van der Waals surface area contributed by atoms with Gasteiger partial charge in [0.2, 0.25) is 12.0 Å². The van der Waals surface area contributed by atoms with Gasteiger partial charge in [-0.05, 0) is 37.1 Å². The van der Waals surface area contributed by atoms with E-state index in [-0.39, 0.29) is 35.2 Å². The van der Waals surface area contributed by atoms with Crippen molar-refractivity contribution >= 4 is 35.2 Å². The third kappa shape index (κ3) is 6.90. The average Bonchev–Trinajstić information content (AvgIpc) is 3.52. The summed E-state index contributed by atoms with van der Waals surface area (Å²) in [6, 6.07) is 14.4. The number of benzene rings is 2. The number of nitrogens with one attached hydrogen (secondary N) is 2. The molecule has 0 aromatic heterocycles. The molecule has 0 heterocycles. The summed E-state index contributed by atoms with van der Waals surface area (Å²) in [5.74, 6) is -1.68. The number of rotatable bonds is 9. The van der Waals surface area contributed by atoms with E-state index in [1.165, 1.54) is 24.3 Å². The first-order valence-electron chi connectivity index (χ1n) is 9.19. The van der Waals surface area contributed by atoms with E-state index in [9.17, 15) is 18.8 Å². The summed E-state index contributed by atoms with van der Waals surface area (Å²) in [7, 11) is 0. The van der Waals surface area contributed by atoms with Crippen molar-refractivity contribution in [1.82, 2.24) is 5.32 Å². The normalized spacial score (nSPS) is 14.0. The fourth-order valence-electron chi connectivity index (χ4n) is 2.53. The Labute approximate surface area is 172 Å². The molecule has 0 saturated heterocycles. The van der Waals surface area contributed by atoms with Crippen LogP contribution >= 0.6 is 11.8 Å². The molecule has 1 atom stereocenters. The van der Waals surface area contributed by atoms with Gasteiger partial charge >= 0.3 is 5.97 Å². The Morgan fingerprint density at radius 1 is 1.03 bits per heavy atom. The van der Waals surface area contributed by atoms with Crippen molar-refractivity contribution in [2.45, 2.75) is 25.0 Å². The first-order chi connectivity index (χ1) is 14.0. The zero-order valence-electron chi connectivity index (χ0n) is 15.6. The summed E-state index contributed by atoms with van der Waals surface area (Å²) >= 11 is 1.07. The second-order valence-electron chi connectivity index (χ2n) is 6.61. The van der Waals surface area contributed by atoms with Crippen molar-refractivity contribution in [2.24, 2.45) is 0 Å². The highest BCUT2D eigenvalue weighted by Crippen LogP contribution is 2.23. The molecule has 6 nitrogen and oxygen atoms in total. The molecule has 0 unspecified atom stereocenters. The molecule has 3 rings (SSSR count). The second-order valence-corrected chi connectivity index (χ2v) is 7.60. The third-order valence-electron chi connectivity index (χ3n) is 4.09. The number of hydrogen-bond acceptors (Lipinski definition) is 5. The Kier molecular flexibility index (Phi) is 7.24. The largest absolute Gasteiger partial charge is 0.447 e. The van der Waals surface area contributed by atoms with Gasteiger partial charge in [-0.15, -0.1) is 11.8 Å². The number of halogens is 1. The van der Waals surface area contributed by atoms with E-state index in [1.54, 1.807) is 24.3 Å². The lowest BCUT2D eigenvalue weighted by Gasteiger charge is -2.18. The van der Waals surface area contributed by atoms with Gasteiger partial charge in [0, 0.05) is 17.3 Å². The van der Waals surface area contributed by atoms with E-state index in [0.29, 0.717) is 11.3 Å². The summed E-state index contributed by atoms with van der Waals surface area (Å²) in [6.07, 6.45) is 0.846. The first kappa shape index (κ1) is 20.9. The Balaban J connectivity index is 1.47. The minimum Gasteiger partial charge on any atom is -0.447 e. The summed E-state index contributed by atoms with van der Waals surface area (Å²) in [5.41, 5.74) is 1.07. The lowest BCUT2D eigenvalue weighted by atomic mass is 10.1. The number of esters is 1. The molecule has 0 radical (unpaired) electrons. The third-order valence-corrected chi connectivity index (χ3v) is 5.00. The molecule has 2 amide bonds. The second kappa shape index (κ2) is 10.1. The molecule has 1 aliphatic carbocycles. The van der Waals surface area contributed by atoms with Crippen LogP contribution in [-0.4, -0.2) is 35.3 Å². The van der Waals surface area contributed by atoms with Crippen LogP contribution in [0.2, 0.25) is 0 Å². The van der Waals surface area contributed by atoms with Crippen LogP contribution in [0.15, 0.2) is 54.6 Å². The average molecular weight is 416 g/mol. The highest BCUT2D eigenvalue weighted by atomic mass is 32.2. The molecule has 2 aromatic carbocycles. The van der Waals surface area contributed by atoms with Crippen LogP contribution in [0.3, 0.4) is 0 Å². The summed E-state index contributed by atoms with van der Waals surface area (Å²) < 4.78 is 18.3. The minimum atomic E-state index is -1.02. The van der Waals surface area contributed by atoms with Gasteiger partial charge in [-0.3, -0.25) is 14.4 Å². The standard InChI is InChI=1S/C21H21FN2O4S/c22-15-6-8-16(9-7-15)23-18(25)12-29-13-19(26)28-20(14-4-2-1-3-5-14)21(27)24-17-10-11-17/h1-9,17,20H,10-13H2,(H,23,25)(H,24,27)/t20-/m1/s1. The monoisotopic (exact) mass is 416 g/mol. The quantitative estimate of drug-likeness (QED) is 0.614. The van der Waals surface area contributed by atoms with Crippen molar-refractivity contribution in [3.8, 4) is 0 Å². The maximum atomic E-state index is 12.9. The fourth-order valence-corrected chi connectivity index (χ4v) is 3.12. The zero-order chi connectivity index (χ0) is 20.6. The highest BCUT2D eigenvalue weighted by Gasteiger charge is 2.30. The lowest BCUT2D eigenvalue weighted by molar-refractivity contribution is -0.154. The van der Waals surface area contributed by atoms with E-state index in [1.807, 2.05) is 6.07 Å². The van der Waals surface area contributed by atoms with Gasteiger partial charge in [0.25, 0.3) is 5.91 Å². The number of anilines is 1. The van der Waals surface area contributed by atoms with Crippen LogP contribution in [0.1, 0.15) is 24.5 Å². The van der Waals surface area contributed by atoms with Gasteiger partial charge < -0.3 is 15.4 Å². The van der Waals surface area contributed by atoms with E-state index in [4.69, 9.17) is 4.74 Å². The molecule has 2 N–H and O–H groups in total. The molecule has 8 heteroatoms. The van der Waals surface area contributed by atoms with Crippen molar-refractivity contribution < 1.29 is 23.5 Å². The molecule has 0 spiro atoms. The van der Waals surface area contributed by atoms with Gasteiger partial charge in [-0.2, -0.15) is 0 Å². The predicted octanol–water partition coefficient (Wildman–Crippen LogP) is 3.06. The maximum absolute atomic E-state index is 12.9. The predicted molar refractivity (Wildman–Crippen MR) is 109 cm³/mol. The molecule has 1 aliphatic rings. The smallest absolute Gasteiger partial charge is 0.317 e. The molecule has 0 aliphatic heterocycles. The van der Waals surface area contributed by atoms with Crippen molar-refractivity contribution in [3.63, 3.8) is 0 Å². The fraction of sp³-hybridized carbons (Fsp3) is 0.286. The Hall–Kier alpha value is -2.87. The van der Waals surface area contributed by atoms with Crippen LogP contribution in [0.4, 0.5) is 10.1 Å². The number of carbonyl (C=O) groups excluding carboxylic acids is 3. The van der Waals surface area contributed by atoms with Crippen LogP contribution < -0.4 is 10.6 Å². The summed E-state index contributed by atoms with van der Waals surface area (Å²) in [4.78, 5) is 36.6. The van der Waals surface area contributed by atoms with Gasteiger partial charge in [0.15, 0.2) is 0 Å². The summed E-state index contributed by atoms with van der Waals surface area (Å²) in [5, 5.41) is 5.46. The molecule has 1 saturated carbocycles. The topological polar surface area (TPSA) is 84.5 Å². The van der Waals surface area contributed by atoms with Crippen LogP contribution in [0.5, 0.6) is 0 Å². The molecule has 29 heavy (non-hydrogen) atoms. The van der Waals surface area contributed by atoms with E-state index >= 15 is 0 Å². The van der Waals surface area contributed by atoms with E-state index < -0.39 is 12.1 Å². The minimum absolute atomic E-state index is 0.0246. The van der Waals surface area contributed by atoms with Gasteiger partial charge in [-0.25, -0.2) is 4.39 Å². The maximum Gasteiger partial charge on any atom is 0.317 e. The van der Waals surface area contributed by atoms with Gasteiger partial charge in [0.05, 0.1) is 11.5 Å². The molecule has 152 valence electrons. The van der Waals surface area contributed by atoms with Crippen LogP contribution in [0, 0.1) is 5.82 Å². The zero-order valence-corrected chi connectivity index (χ0v) is 16.4. The number of ether oxygens (including phenoxy) is 1. The number of thioether (sulfide) groups is 1. The van der Waals surface area contributed by atoms with Gasteiger partial charge in [-0.1, -0.05) is 30.3 Å². The van der Waals surface area contributed by atoms with E-state index in [2.05, 4.69) is 10.6 Å². The SMILES string of the molecule is O=C(CSCC(=O)O[C@@H](C(=O)NC1CC1)c1ccccc1)Nc1ccc(F)cc1. The molecule has 0 bridgehead atoms. The molecular formula is C21H21FN2O4S. The van der Waals surface area contributed by atoms with Crippen molar-refractivity contribution in [3.05, 3.63) is 66.0 Å². The number of amides is 2. The molecular weight excluding hydrogens is 395 g/mol. The lowest BCUT2D eigenvalue weighted by Crippen LogP contribution is -2.34. The highest BCUT2D eigenvalue weighted by molar-refractivity contribution is 8.00. The van der Waals surface area contributed by atoms with Crippen LogP contribution in [0.25, 0.3) is 0 Å². The first-order valence-corrected chi connectivity index (χ1v) is 10.3. The molecule has 2 aromatic rings. The van der Waals surface area contributed by atoms with Crippen molar-refractivity contribution in [2.75, 3.05) is 16.8 Å².